The Morgan fingerprint density at radius 2 is 2.37 bits per heavy atom. The largest absolute Gasteiger partial charge is 0.369 e. The minimum Gasteiger partial charge on any atom is -0.369 e. The van der Waals surface area contributed by atoms with Gasteiger partial charge < -0.3 is 10.6 Å². The van der Waals surface area contributed by atoms with Crippen LogP contribution < -0.4 is 10.6 Å². The van der Waals surface area contributed by atoms with Crippen LogP contribution in [-0.4, -0.2) is 29.0 Å². The summed E-state index contributed by atoms with van der Waals surface area (Å²) >= 11 is 0. The molecule has 2 N–H and O–H groups in total. The number of nitrogens with zero attached hydrogens (tertiary/aromatic N) is 3. The molecule has 0 spiro atoms. The number of aryl methyl sites for hydroxylation is 2. The third-order valence-corrected chi connectivity index (χ3v) is 3.60. The van der Waals surface area contributed by atoms with Gasteiger partial charge in [0, 0.05) is 24.8 Å². The van der Waals surface area contributed by atoms with E-state index in [0.29, 0.717) is 6.54 Å². The molecule has 0 radical (unpaired) electrons. The highest BCUT2D eigenvalue weighted by atomic mass is 16.1. The zero-order valence-corrected chi connectivity index (χ0v) is 11.7. The molecular formula is C14H22N4O. The molecule has 0 bridgehead atoms. The van der Waals surface area contributed by atoms with Crippen molar-refractivity contribution in [3.63, 3.8) is 0 Å². The Morgan fingerprint density at radius 1 is 1.58 bits per heavy atom. The fourth-order valence-corrected chi connectivity index (χ4v) is 2.60. The zero-order valence-electron chi connectivity index (χ0n) is 11.7. The van der Waals surface area contributed by atoms with Gasteiger partial charge in [-0.3, -0.25) is 4.79 Å². The number of carbonyl (C=O) groups excluding carboxylic acids is 1. The summed E-state index contributed by atoms with van der Waals surface area (Å²) in [5, 5.41) is 0. The lowest BCUT2D eigenvalue weighted by atomic mass is 9.97. The number of aromatic nitrogens is 2. The number of primary amides is 1. The number of nitrogens with two attached hydrogens (primary N) is 1. The van der Waals surface area contributed by atoms with Crippen LogP contribution in [0.1, 0.15) is 37.6 Å². The average molecular weight is 262 g/mol. The molecule has 1 atom stereocenters. The summed E-state index contributed by atoms with van der Waals surface area (Å²) in [7, 11) is 0. The summed E-state index contributed by atoms with van der Waals surface area (Å²) in [6.07, 6.45) is 5.82. The van der Waals surface area contributed by atoms with E-state index in [4.69, 9.17) is 5.73 Å². The molecule has 19 heavy (non-hydrogen) atoms. The van der Waals surface area contributed by atoms with Crippen molar-refractivity contribution >= 4 is 11.7 Å². The summed E-state index contributed by atoms with van der Waals surface area (Å²) in [5.74, 6) is 1.50. The number of carbonyl (C=O) groups is 1. The van der Waals surface area contributed by atoms with Crippen molar-refractivity contribution in [2.75, 3.05) is 18.0 Å². The molecule has 104 valence electrons. The van der Waals surface area contributed by atoms with Gasteiger partial charge in [-0.1, -0.05) is 13.3 Å². The molecule has 1 aromatic rings. The SMILES string of the molecule is CCCc1cnc(C)nc1N1CCC[C@@H](C(N)=O)C1. The monoisotopic (exact) mass is 262 g/mol. The van der Waals surface area contributed by atoms with Gasteiger partial charge >= 0.3 is 0 Å². The lowest BCUT2D eigenvalue weighted by Gasteiger charge is -2.33. The topological polar surface area (TPSA) is 72.1 Å². The van der Waals surface area contributed by atoms with Gasteiger partial charge in [-0.05, 0) is 26.2 Å². The van der Waals surface area contributed by atoms with Crippen LogP contribution in [0.3, 0.4) is 0 Å². The van der Waals surface area contributed by atoms with E-state index < -0.39 is 0 Å². The molecule has 2 rings (SSSR count). The van der Waals surface area contributed by atoms with Crippen molar-refractivity contribution in [3.05, 3.63) is 17.6 Å². The summed E-state index contributed by atoms with van der Waals surface area (Å²) in [4.78, 5) is 22.4. The van der Waals surface area contributed by atoms with E-state index in [1.807, 2.05) is 13.1 Å². The van der Waals surface area contributed by atoms with Crippen molar-refractivity contribution in [2.45, 2.75) is 39.5 Å². The van der Waals surface area contributed by atoms with E-state index in [1.165, 1.54) is 5.56 Å². The van der Waals surface area contributed by atoms with Crippen LogP contribution in [0.2, 0.25) is 0 Å². The molecule has 0 saturated carbocycles. The molecule has 1 saturated heterocycles. The first-order valence-corrected chi connectivity index (χ1v) is 6.98. The second-order valence-electron chi connectivity index (χ2n) is 5.20. The fraction of sp³-hybridized carbons (Fsp3) is 0.643. The van der Waals surface area contributed by atoms with Crippen molar-refractivity contribution in [2.24, 2.45) is 11.7 Å². The first-order chi connectivity index (χ1) is 9.11. The van der Waals surface area contributed by atoms with E-state index in [2.05, 4.69) is 21.8 Å². The first kappa shape index (κ1) is 13.8. The van der Waals surface area contributed by atoms with Gasteiger partial charge in [-0.15, -0.1) is 0 Å². The normalized spacial score (nSPS) is 19.5. The second kappa shape index (κ2) is 5.99. The summed E-state index contributed by atoms with van der Waals surface area (Å²) in [6.45, 7) is 5.67. The quantitative estimate of drug-likeness (QED) is 0.891. The molecule has 1 aliphatic heterocycles. The maximum atomic E-state index is 11.4. The Balaban J connectivity index is 2.24. The minimum atomic E-state index is -0.201. The van der Waals surface area contributed by atoms with Crippen LogP contribution in [0.4, 0.5) is 5.82 Å². The van der Waals surface area contributed by atoms with Crippen LogP contribution >= 0.6 is 0 Å². The van der Waals surface area contributed by atoms with E-state index in [9.17, 15) is 4.79 Å². The van der Waals surface area contributed by atoms with Gasteiger partial charge in [-0.25, -0.2) is 9.97 Å². The third kappa shape index (κ3) is 3.22. The molecule has 0 aliphatic carbocycles. The summed E-state index contributed by atoms with van der Waals surface area (Å²) in [5.41, 5.74) is 6.60. The van der Waals surface area contributed by atoms with Crippen LogP contribution in [0.15, 0.2) is 6.20 Å². The highest BCUT2D eigenvalue weighted by Gasteiger charge is 2.26. The molecule has 5 heteroatoms. The number of piperidine rings is 1. The fourth-order valence-electron chi connectivity index (χ4n) is 2.60. The van der Waals surface area contributed by atoms with Crippen molar-refractivity contribution in [1.29, 1.82) is 0 Å². The summed E-state index contributed by atoms with van der Waals surface area (Å²) in [6, 6.07) is 0. The van der Waals surface area contributed by atoms with E-state index in [1.54, 1.807) is 0 Å². The van der Waals surface area contributed by atoms with E-state index in [0.717, 1.165) is 43.9 Å². The average Bonchev–Trinajstić information content (AvgIpc) is 2.41. The van der Waals surface area contributed by atoms with Gasteiger partial charge in [-0.2, -0.15) is 0 Å². The second-order valence-corrected chi connectivity index (χ2v) is 5.20. The number of amides is 1. The Bertz CT molecular complexity index is 461. The minimum absolute atomic E-state index is 0.0569. The number of hydrogen-bond acceptors (Lipinski definition) is 4. The van der Waals surface area contributed by atoms with Crippen molar-refractivity contribution in [3.8, 4) is 0 Å². The molecule has 5 nitrogen and oxygen atoms in total. The van der Waals surface area contributed by atoms with Crippen molar-refractivity contribution in [1.82, 2.24) is 9.97 Å². The first-order valence-electron chi connectivity index (χ1n) is 6.98. The molecular weight excluding hydrogens is 240 g/mol. The zero-order chi connectivity index (χ0) is 13.8. The Hall–Kier alpha value is -1.65. The van der Waals surface area contributed by atoms with E-state index >= 15 is 0 Å². The van der Waals surface area contributed by atoms with Gasteiger partial charge in [0.1, 0.15) is 11.6 Å². The van der Waals surface area contributed by atoms with Gasteiger partial charge in [0.2, 0.25) is 5.91 Å². The van der Waals surface area contributed by atoms with Gasteiger partial charge in [0.05, 0.1) is 5.92 Å². The van der Waals surface area contributed by atoms with Crippen LogP contribution in [0, 0.1) is 12.8 Å². The Labute approximate surface area is 114 Å². The molecule has 0 unspecified atom stereocenters. The van der Waals surface area contributed by atoms with E-state index in [-0.39, 0.29) is 11.8 Å². The highest BCUT2D eigenvalue weighted by molar-refractivity contribution is 5.77. The standard InChI is InChI=1S/C14H22N4O/c1-3-5-11-8-16-10(2)17-14(11)18-7-4-6-12(9-18)13(15)19/h8,12H,3-7,9H2,1-2H3,(H2,15,19)/t12-/m1/s1. The van der Waals surface area contributed by atoms with Crippen LogP contribution in [0.5, 0.6) is 0 Å². The maximum Gasteiger partial charge on any atom is 0.222 e. The van der Waals surface area contributed by atoms with Crippen LogP contribution in [-0.2, 0) is 11.2 Å². The molecule has 1 amide bonds. The Kier molecular flexibility index (Phi) is 4.35. The number of rotatable bonds is 4. The number of hydrogen-bond donors (Lipinski definition) is 1. The highest BCUT2D eigenvalue weighted by Crippen LogP contribution is 2.25. The predicted octanol–water partition coefficient (Wildman–Crippen LogP) is 1.44. The molecule has 1 aromatic heterocycles. The summed E-state index contributed by atoms with van der Waals surface area (Å²) < 4.78 is 0. The molecule has 2 heterocycles. The van der Waals surface area contributed by atoms with Gasteiger partial charge in [0.25, 0.3) is 0 Å². The number of anilines is 1. The lowest BCUT2D eigenvalue weighted by Crippen LogP contribution is -2.42. The molecule has 1 fully saturated rings. The molecule has 0 aromatic carbocycles. The lowest BCUT2D eigenvalue weighted by molar-refractivity contribution is -0.122. The Morgan fingerprint density at radius 3 is 3.05 bits per heavy atom. The van der Waals surface area contributed by atoms with Gasteiger partial charge in [0.15, 0.2) is 0 Å². The predicted molar refractivity (Wildman–Crippen MR) is 74.9 cm³/mol. The van der Waals surface area contributed by atoms with Crippen molar-refractivity contribution < 1.29 is 4.79 Å². The third-order valence-electron chi connectivity index (χ3n) is 3.60. The smallest absolute Gasteiger partial charge is 0.222 e. The molecule has 1 aliphatic rings. The van der Waals surface area contributed by atoms with Crippen LogP contribution in [0.25, 0.3) is 0 Å². The maximum absolute atomic E-state index is 11.4.